The van der Waals surface area contributed by atoms with Crippen LogP contribution in [0.4, 0.5) is 0 Å². The largest absolute Gasteiger partial charge is 0.547 e. The van der Waals surface area contributed by atoms with Gasteiger partial charge in [-0.2, -0.15) is 0 Å². The number of carbonyl (C=O) groups is 1. The minimum atomic E-state index is -2.04. The van der Waals surface area contributed by atoms with E-state index in [4.69, 9.17) is 17.7 Å². The van der Waals surface area contributed by atoms with Gasteiger partial charge in [0.05, 0.1) is 0 Å². The van der Waals surface area contributed by atoms with E-state index in [9.17, 15) is 4.79 Å². The Balaban J connectivity index is 1.73. The van der Waals surface area contributed by atoms with Crippen LogP contribution in [0.3, 0.4) is 0 Å². The van der Waals surface area contributed by atoms with Crippen LogP contribution in [0.2, 0.25) is 78.6 Å². The molecule has 0 heterocycles. The van der Waals surface area contributed by atoms with Gasteiger partial charge in [0.2, 0.25) is 16.6 Å². The molecule has 4 saturated carbocycles. The lowest BCUT2D eigenvalue weighted by atomic mass is 9.44. The molecule has 242 valence electrons. The van der Waals surface area contributed by atoms with E-state index in [1.807, 2.05) is 6.26 Å². The van der Waals surface area contributed by atoms with E-state index in [1.165, 1.54) is 6.42 Å². The maximum Gasteiger partial charge on any atom is 0.242 e. The minimum absolute atomic E-state index is 0.0833. The highest BCUT2D eigenvalue weighted by Crippen LogP contribution is 2.69. The van der Waals surface area contributed by atoms with E-state index in [1.54, 1.807) is 0 Å². The Labute approximate surface area is 262 Å². The number of rotatable bonds is 9. The summed E-state index contributed by atoms with van der Waals surface area (Å²) in [7, 11) is -7.48. The number of ketones is 1. The number of carbonyl (C=O) groups excluding carboxylic acids is 1. The van der Waals surface area contributed by atoms with Gasteiger partial charge in [-0.1, -0.05) is 13.8 Å². The first-order valence-electron chi connectivity index (χ1n) is 16.9. The molecular weight excluding hydrogens is 589 g/mol. The van der Waals surface area contributed by atoms with Gasteiger partial charge in [0.25, 0.3) is 0 Å². The number of hydrogen-bond donors (Lipinski definition) is 0. The van der Waals surface area contributed by atoms with E-state index >= 15 is 0 Å². The zero-order chi connectivity index (χ0) is 31.7. The fourth-order valence-electron chi connectivity index (χ4n) is 9.54. The number of fused-ring (bicyclic) bond motifs is 5. The van der Waals surface area contributed by atoms with Crippen LogP contribution in [0.15, 0.2) is 12.0 Å². The third kappa shape index (κ3) is 6.96. The Hall–Kier alpha value is -0.202. The molecule has 0 amide bonds. The van der Waals surface area contributed by atoms with Gasteiger partial charge in [-0.15, -0.1) is 0 Å². The van der Waals surface area contributed by atoms with Crippen LogP contribution in [-0.2, 0) is 22.5 Å². The molecule has 0 aliphatic heterocycles. The van der Waals surface area contributed by atoms with Crippen molar-refractivity contribution in [2.45, 2.75) is 155 Å². The molecule has 5 nitrogen and oxygen atoms in total. The van der Waals surface area contributed by atoms with Gasteiger partial charge in [-0.3, -0.25) is 4.79 Å². The Morgan fingerprint density at radius 1 is 0.786 bits per heavy atom. The molecular formula is C33H64O5Si4. The first-order chi connectivity index (χ1) is 18.9. The predicted molar refractivity (Wildman–Crippen MR) is 184 cm³/mol. The van der Waals surface area contributed by atoms with Crippen molar-refractivity contribution in [1.82, 2.24) is 0 Å². The topological polar surface area (TPSA) is 54.0 Å². The SMILES string of the molecule is C[C@]12CC(=O)C3C(CC[C@@H]4C[C@H](O[Si](C)(C)C)CC[C@]34C)C1CC[C@]2(O[Si](C)(C)C)/C(=C/O[Si](C)(C)C)O[Si](C)(C)C. The molecule has 0 N–H and O–H groups in total. The van der Waals surface area contributed by atoms with Crippen molar-refractivity contribution < 1.29 is 22.5 Å². The standard InChI is InChI=1S/C33H64O5Si4/c1-31-19-17-25(36-40(6,7)8)21-24(31)15-16-26-27-18-20-33(38-42(12,13)14,32(27,2)22-28(34)30(26)31)29(37-41(9,10)11)23-35-39(3,4)5/h23-27,30H,15-22H2,1-14H3/b29-23-/t24-,25-,26?,27?,30?,31+,32+,33+/m1/s1. The summed E-state index contributed by atoms with van der Waals surface area (Å²) in [5.41, 5.74) is -0.843. The first-order valence-corrected chi connectivity index (χ1v) is 30.5. The molecule has 4 rings (SSSR count). The highest BCUT2D eigenvalue weighted by molar-refractivity contribution is 6.71. The summed E-state index contributed by atoms with van der Waals surface area (Å²) in [6.07, 6.45) is 10.6. The molecule has 0 aromatic heterocycles. The fraction of sp³-hybridized carbons (Fsp3) is 0.909. The van der Waals surface area contributed by atoms with E-state index in [2.05, 4.69) is 92.4 Å². The molecule has 9 heteroatoms. The minimum Gasteiger partial charge on any atom is -0.547 e. The van der Waals surface area contributed by atoms with Crippen molar-refractivity contribution in [3.05, 3.63) is 12.0 Å². The average molecular weight is 653 g/mol. The van der Waals surface area contributed by atoms with Crippen LogP contribution in [0.5, 0.6) is 0 Å². The first kappa shape index (κ1) is 34.7. The van der Waals surface area contributed by atoms with Crippen LogP contribution in [0, 0.1) is 34.5 Å². The molecule has 4 aliphatic rings. The molecule has 0 saturated heterocycles. The Morgan fingerprint density at radius 2 is 1.43 bits per heavy atom. The summed E-state index contributed by atoms with van der Waals surface area (Å²) >= 11 is 0. The third-order valence-electron chi connectivity index (χ3n) is 10.8. The zero-order valence-corrected chi connectivity index (χ0v) is 33.7. The van der Waals surface area contributed by atoms with Gasteiger partial charge in [0, 0.05) is 23.9 Å². The molecule has 0 aromatic carbocycles. The monoisotopic (exact) mass is 652 g/mol. The maximum absolute atomic E-state index is 14.7. The smallest absolute Gasteiger partial charge is 0.242 e. The van der Waals surface area contributed by atoms with Gasteiger partial charge < -0.3 is 17.7 Å². The number of hydrogen-bond acceptors (Lipinski definition) is 5. The summed E-state index contributed by atoms with van der Waals surface area (Å²) in [5.74, 6) is 2.98. The van der Waals surface area contributed by atoms with Gasteiger partial charge in [0.1, 0.15) is 23.4 Å². The second-order valence-electron chi connectivity index (χ2n) is 18.7. The van der Waals surface area contributed by atoms with Crippen molar-refractivity contribution in [3.8, 4) is 0 Å². The van der Waals surface area contributed by atoms with Crippen molar-refractivity contribution in [2.24, 2.45) is 34.5 Å². The second kappa shape index (κ2) is 11.2. The van der Waals surface area contributed by atoms with Crippen LogP contribution in [-0.4, -0.2) is 50.8 Å². The van der Waals surface area contributed by atoms with Crippen molar-refractivity contribution in [2.75, 3.05) is 0 Å². The molecule has 3 unspecified atom stereocenters. The van der Waals surface area contributed by atoms with Gasteiger partial charge in [-0.25, -0.2) is 0 Å². The van der Waals surface area contributed by atoms with Gasteiger partial charge >= 0.3 is 0 Å². The molecule has 4 aliphatic carbocycles. The van der Waals surface area contributed by atoms with Crippen molar-refractivity contribution in [1.29, 1.82) is 0 Å². The molecule has 0 spiro atoms. The summed E-state index contributed by atoms with van der Waals surface area (Å²) in [6, 6.07) is 0. The zero-order valence-electron chi connectivity index (χ0n) is 29.7. The molecule has 0 aromatic rings. The predicted octanol–water partition coefficient (Wildman–Crippen LogP) is 9.56. The summed E-state index contributed by atoms with van der Waals surface area (Å²) in [4.78, 5) is 14.7. The van der Waals surface area contributed by atoms with Crippen molar-refractivity contribution >= 4 is 39.1 Å². The fourth-order valence-corrected chi connectivity index (χ4v) is 13.6. The highest BCUT2D eigenvalue weighted by atomic mass is 28.4. The lowest BCUT2D eigenvalue weighted by Crippen LogP contribution is -2.63. The van der Waals surface area contributed by atoms with E-state index in [0.717, 1.165) is 44.3 Å². The average Bonchev–Trinajstić information content (AvgIpc) is 3.05. The van der Waals surface area contributed by atoms with Crippen molar-refractivity contribution in [3.63, 3.8) is 0 Å². The quantitative estimate of drug-likeness (QED) is 0.183. The molecule has 0 bridgehead atoms. The highest BCUT2D eigenvalue weighted by Gasteiger charge is 2.70. The van der Waals surface area contributed by atoms with Crippen LogP contribution < -0.4 is 0 Å². The Kier molecular flexibility index (Phi) is 9.28. The molecule has 4 fully saturated rings. The molecule has 42 heavy (non-hydrogen) atoms. The summed E-state index contributed by atoms with van der Waals surface area (Å²) < 4.78 is 27.5. The van der Waals surface area contributed by atoms with Gasteiger partial charge in [-0.05, 0) is 147 Å². The van der Waals surface area contributed by atoms with Crippen LogP contribution in [0.25, 0.3) is 0 Å². The number of Topliss-reactive ketones (excluding diaryl/α,β-unsaturated/α-hetero) is 1. The summed E-state index contributed by atoms with van der Waals surface area (Å²) in [5, 5.41) is 0. The van der Waals surface area contributed by atoms with E-state index in [0.29, 0.717) is 36.1 Å². The normalized spacial score (nSPS) is 39.8. The Bertz CT molecular complexity index is 1050. The van der Waals surface area contributed by atoms with Gasteiger partial charge in [0.15, 0.2) is 16.6 Å². The summed E-state index contributed by atoms with van der Waals surface area (Å²) in [6.45, 7) is 32.1. The third-order valence-corrected chi connectivity index (χ3v) is 14.4. The lowest BCUT2D eigenvalue weighted by Gasteiger charge is -2.61. The van der Waals surface area contributed by atoms with E-state index < -0.39 is 38.9 Å². The van der Waals surface area contributed by atoms with Crippen LogP contribution in [0.1, 0.15) is 65.2 Å². The molecule has 8 atom stereocenters. The second-order valence-corrected chi connectivity index (χ2v) is 36.5. The molecule has 0 radical (unpaired) electrons. The lowest BCUT2D eigenvalue weighted by molar-refractivity contribution is -0.170. The van der Waals surface area contributed by atoms with E-state index in [-0.39, 0.29) is 16.7 Å². The Morgan fingerprint density at radius 3 is 1.98 bits per heavy atom. The van der Waals surface area contributed by atoms with Crippen LogP contribution >= 0.6 is 0 Å². The maximum atomic E-state index is 14.7.